The quantitative estimate of drug-likeness (QED) is 0.422. The smallest absolute Gasteiger partial charge is 0.303 e. The molecule has 0 aliphatic heterocycles. The van der Waals surface area contributed by atoms with E-state index in [-0.39, 0.29) is 25.3 Å². The van der Waals surface area contributed by atoms with E-state index in [9.17, 15) is 14.4 Å². The fourth-order valence-electron chi connectivity index (χ4n) is 1.10. The van der Waals surface area contributed by atoms with Crippen LogP contribution in [0.2, 0.25) is 0 Å². The number of carbonyl (C=O) groups is 3. The van der Waals surface area contributed by atoms with Crippen molar-refractivity contribution in [2.24, 2.45) is 5.73 Å². The van der Waals surface area contributed by atoms with Crippen LogP contribution in [0.1, 0.15) is 19.8 Å². The average molecular weight is 231 g/mol. The average Bonchev–Trinajstić information content (AvgIpc) is 2.19. The minimum Gasteiger partial charge on any atom is -0.481 e. The summed E-state index contributed by atoms with van der Waals surface area (Å²) in [6.45, 7) is 1.85. The van der Waals surface area contributed by atoms with Crippen LogP contribution < -0.4 is 16.4 Å². The summed E-state index contributed by atoms with van der Waals surface area (Å²) < 4.78 is 0. The number of aliphatic carboxylic acids is 1. The summed E-state index contributed by atoms with van der Waals surface area (Å²) >= 11 is 0. The Balaban J connectivity index is 4.22. The second kappa shape index (κ2) is 7.63. The number of hydrogen-bond acceptors (Lipinski definition) is 4. The lowest BCUT2D eigenvalue weighted by atomic mass is 10.1. The predicted octanol–water partition coefficient (Wildman–Crippen LogP) is -1.57. The number of nitrogens with two attached hydrogens (primary N) is 1. The molecule has 16 heavy (non-hydrogen) atoms. The monoisotopic (exact) mass is 231 g/mol. The number of carboxylic acid groups (broad SMARTS) is 1. The van der Waals surface area contributed by atoms with Gasteiger partial charge < -0.3 is 21.5 Å². The molecule has 0 fully saturated rings. The minimum absolute atomic E-state index is 0.0608. The Kier molecular flexibility index (Phi) is 6.86. The zero-order chi connectivity index (χ0) is 12.6. The van der Waals surface area contributed by atoms with Gasteiger partial charge in [0.2, 0.25) is 11.8 Å². The van der Waals surface area contributed by atoms with Crippen LogP contribution in [-0.2, 0) is 14.4 Å². The highest BCUT2D eigenvalue weighted by molar-refractivity contribution is 5.87. The fraction of sp³-hybridized carbons (Fsp3) is 0.667. The molecule has 5 N–H and O–H groups in total. The van der Waals surface area contributed by atoms with Crippen molar-refractivity contribution in [1.29, 1.82) is 0 Å². The minimum atomic E-state index is -1.01. The Bertz CT molecular complexity index is 267. The Morgan fingerprint density at radius 1 is 1.38 bits per heavy atom. The summed E-state index contributed by atoms with van der Waals surface area (Å²) in [5.74, 6) is -1.80. The molecule has 1 atom stereocenters. The van der Waals surface area contributed by atoms with Gasteiger partial charge in [0.15, 0.2) is 0 Å². The largest absolute Gasteiger partial charge is 0.481 e. The number of carbonyl (C=O) groups excluding carboxylic acids is 2. The van der Waals surface area contributed by atoms with Crippen LogP contribution in [0.4, 0.5) is 0 Å². The van der Waals surface area contributed by atoms with E-state index in [2.05, 4.69) is 10.6 Å². The van der Waals surface area contributed by atoms with Crippen LogP contribution in [-0.4, -0.2) is 42.0 Å². The van der Waals surface area contributed by atoms with Gasteiger partial charge in [-0.1, -0.05) is 0 Å². The van der Waals surface area contributed by atoms with Gasteiger partial charge in [0.25, 0.3) is 0 Å². The molecule has 0 aromatic rings. The van der Waals surface area contributed by atoms with E-state index in [4.69, 9.17) is 10.8 Å². The fourth-order valence-corrected chi connectivity index (χ4v) is 1.10. The molecule has 0 bridgehead atoms. The summed E-state index contributed by atoms with van der Waals surface area (Å²) in [6.07, 6.45) is -0.119. The first-order chi connectivity index (χ1) is 7.47. The lowest BCUT2D eigenvalue weighted by Crippen LogP contribution is -2.47. The summed E-state index contributed by atoms with van der Waals surface area (Å²) in [6, 6.07) is -0.819. The molecule has 0 saturated heterocycles. The first-order valence-electron chi connectivity index (χ1n) is 4.94. The maximum absolute atomic E-state index is 11.5. The van der Waals surface area contributed by atoms with Crippen molar-refractivity contribution in [3.8, 4) is 0 Å². The second-order valence-corrected chi connectivity index (χ2v) is 3.27. The van der Waals surface area contributed by atoms with Crippen LogP contribution in [0.5, 0.6) is 0 Å². The van der Waals surface area contributed by atoms with Crippen molar-refractivity contribution in [1.82, 2.24) is 10.6 Å². The predicted molar refractivity (Wildman–Crippen MR) is 56.5 cm³/mol. The van der Waals surface area contributed by atoms with Crippen LogP contribution in [0.15, 0.2) is 0 Å². The third-order valence-corrected chi connectivity index (χ3v) is 1.78. The van der Waals surface area contributed by atoms with Gasteiger partial charge in [0.1, 0.15) is 6.04 Å². The molecule has 0 radical (unpaired) electrons. The summed E-state index contributed by atoms with van der Waals surface area (Å²) in [4.78, 5) is 32.7. The van der Waals surface area contributed by atoms with Crippen molar-refractivity contribution < 1.29 is 19.5 Å². The number of rotatable bonds is 7. The lowest BCUT2D eigenvalue weighted by molar-refractivity contribution is -0.137. The number of carboxylic acids is 1. The Morgan fingerprint density at radius 3 is 2.44 bits per heavy atom. The molecule has 2 amide bonds. The third kappa shape index (κ3) is 6.77. The van der Waals surface area contributed by atoms with Crippen molar-refractivity contribution in [3.63, 3.8) is 0 Å². The van der Waals surface area contributed by atoms with Crippen molar-refractivity contribution >= 4 is 17.8 Å². The number of nitrogens with one attached hydrogen (secondary N) is 2. The molecule has 0 spiro atoms. The standard InChI is InChI=1S/C9H17N3O4/c1-6(13)12-7(2-3-8(14)15)9(16)11-5-4-10/h7H,2-5,10H2,1H3,(H,11,16)(H,12,13)(H,14,15). The molecule has 7 heteroatoms. The highest BCUT2D eigenvalue weighted by Gasteiger charge is 2.19. The first kappa shape index (κ1) is 14.4. The summed E-state index contributed by atoms with van der Waals surface area (Å²) in [5.41, 5.74) is 5.20. The van der Waals surface area contributed by atoms with Gasteiger partial charge >= 0.3 is 5.97 Å². The molecular weight excluding hydrogens is 214 g/mol. The highest BCUT2D eigenvalue weighted by Crippen LogP contribution is 1.98. The molecule has 0 aromatic heterocycles. The zero-order valence-corrected chi connectivity index (χ0v) is 9.16. The molecule has 1 unspecified atom stereocenters. The van der Waals surface area contributed by atoms with E-state index >= 15 is 0 Å². The Morgan fingerprint density at radius 2 is 2.00 bits per heavy atom. The molecule has 0 aliphatic rings. The maximum Gasteiger partial charge on any atom is 0.303 e. The van der Waals surface area contributed by atoms with Crippen LogP contribution in [0.3, 0.4) is 0 Å². The SMILES string of the molecule is CC(=O)NC(CCC(=O)O)C(=O)NCCN. The molecule has 0 saturated carbocycles. The summed E-state index contributed by atoms with van der Waals surface area (Å²) in [5, 5.41) is 13.4. The lowest BCUT2D eigenvalue weighted by Gasteiger charge is -2.16. The van der Waals surface area contributed by atoms with Gasteiger partial charge in [-0.05, 0) is 6.42 Å². The molecule has 0 aliphatic carbocycles. The third-order valence-electron chi connectivity index (χ3n) is 1.78. The molecular formula is C9H17N3O4. The van der Waals surface area contributed by atoms with Crippen molar-refractivity contribution in [3.05, 3.63) is 0 Å². The van der Waals surface area contributed by atoms with E-state index in [0.717, 1.165) is 0 Å². The van der Waals surface area contributed by atoms with Crippen LogP contribution in [0, 0.1) is 0 Å². The van der Waals surface area contributed by atoms with Gasteiger partial charge in [-0.15, -0.1) is 0 Å². The van der Waals surface area contributed by atoms with E-state index in [1.807, 2.05) is 0 Å². The molecule has 7 nitrogen and oxygen atoms in total. The second-order valence-electron chi connectivity index (χ2n) is 3.27. The van der Waals surface area contributed by atoms with Crippen LogP contribution in [0.25, 0.3) is 0 Å². The van der Waals surface area contributed by atoms with E-state index < -0.39 is 17.9 Å². The summed E-state index contributed by atoms with van der Waals surface area (Å²) in [7, 11) is 0. The van der Waals surface area contributed by atoms with E-state index in [1.165, 1.54) is 6.92 Å². The molecule has 0 rings (SSSR count). The van der Waals surface area contributed by atoms with Crippen LogP contribution >= 0.6 is 0 Å². The van der Waals surface area contributed by atoms with E-state index in [1.54, 1.807) is 0 Å². The normalized spacial score (nSPS) is 11.6. The maximum atomic E-state index is 11.5. The molecule has 92 valence electrons. The molecule has 0 heterocycles. The van der Waals surface area contributed by atoms with E-state index in [0.29, 0.717) is 6.54 Å². The van der Waals surface area contributed by atoms with Crippen molar-refractivity contribution in [2.75, 3.05) is 13.1 Å². The van der Waals surface area contributed by atoms with Gasteiger partial charge in [-0.25, -0.2) is 0 Å². The zero-order valence-electron chi connectivity index (χ0n) is 9.16. The number of amides is 2. The Labute approximate surface area is 93.4 Å². The topological polar surface area (TPSA) is 122 Å². The first-order valence-corrected chi connectivity index (χ1v) is 4.94. The van der Waals surface area contributed by atoms with Crippen molar-refractivity contribution in [2.45, 2.75) is 25.8 Å². The highest BCUT2D eigenvalue weighted by atomic mass is 16.4. The van der Waals surface area contributed by atoms with Gasteiger partial charge in [-0.3, -0.25) is 14.4 Å². The Hall–Kier alpha value is -1.63. The van der Waals surface area contributed by atoms with Gasteiger partial charge in [0.05, 0.1) is 0 Å². The molecule has 0 aromatic carbocycles. The number of hydrogen-bond donors (Lipinski definition) is 4. The van der Waals surface area contributed by atoms with Gasteiger partial charge in [0, 0.05) is 26.4 Å². The van der Waals surface area contributed by atoms with Gasteiger partial charge in [-0.2, -0.15) is 0 Å².